The van der Waals surface area contributed by atoms with Gasteiger partial charge < -0.3 is 19.8 Å². The van der Waals surface area contributed by atoms with Crippen LogP contribution >= 0.6 is 0 Å². The van der Waals surface area contributed by atoms with Gasteiger partial charge in [-0.1, -0.05) is 0 Å². The first-order chi connectivity index (χ1) is 9.82. The molecule has 21 heavy (non-hydrogen) atoms. The van der Waals surface area contributed by atoms with Gasteiger partial charge in [-0.2, -0.15) is 0 Å². The number of nitrogens with two attached hydrogens (primary N) is 1. The zero-order valence-electron chi connectivity index (χ0n) is 13.2. The fourth-order valence-corrected chi connectivity index (χ4v) is 2.21. The normalized spacial score (nSPS) is 23.4. The summed E-state index contributed by atoms with van der Waals surface area (Å²) in [5.41, 5.74) is 6.42. The second-order valence-electron chi connectivity index (χ2n) is 6.80. The minimum absolute atomic E-state index is 0.302. The quantitative estimate of drug-likeness (QED) is 0.849. The lowest BCUT2D eigenvalue weighted by molar-refractivity contribution is 0.00578. The second kappa shape index (κ2) is 4.97. The highest BCUT2D eigenvalue weighted by Gasteiger charge is 2.53. The molecule has 0 amide bonds. The Balaban J connectivity index is 1.92. The Kier molecular flexibility index (Phi) is 3.51. The highest BCUT2D eigenvalue weighted by atomic mass is 16.7. The van der Waals surface area contributed by atoms with Crippen molar-refractivity contribution >= 4 is 12.7 Å². The van der Waals surface area contributed by atoms with Crippen LogP contribution < -0.4 is 16.1 Å². The molecule has 2 N–H and O–H groups in total. The first-order valence-electron chi connectivity index (χ1n) is 7.54. The van der Waals surface area contributed by atoms with E-state index in [1.54, 1.807) is 0 Å². The van der Waals surface area contributed by atoms with Crippen LogP contribution in [-0.2, 0) is 15.9 Å². The molecule has 1 aliphatic carbocycles. The molecule has 3 rings (SSSR count). The topological polar surface area (TPSA) is 66.6 Å². The molecular weight excluding hydrogens is 267 g/mol. The average Bonchev–Trinajstić information content (AvgIpc) is 3.18. The summed E-state index contributed by atoms with van der Waals surface area (Å²) in [6, 6.07) is 3.82. The van der Waals surface area contributed by atoms with Gasteiger partial charge in [0.2, 0.25) is 0 Å². The fourth-order valence-electron chi connectivity index (χ4n) is 2.21. The van der Waals surface area contributed by atoms with Gasteiger partial charge in [0.1, 0.15) is 11.3 Å². The molecule has 0 atom stereocenters. The first-order valence-corrected chi connectivity index (χ1v) is 7.54. The molecule has 2 aliphatic rings. The van der Waals surface area contributed by atoms with E-state index in [0.717, 1.165) is 24.3 Å². The Morgan fingerprint density at radius 2 is 1.86 bits per heavy atom. The van der Waals surface area contributed by atoms with Crippen molar-refractivity contribution in [1.82, 2.24) is 4.98 Å². The van der Waals surface area contributed by atoms with Gasteiger partial charge in [-0.15, -0.1) is 0 Å². The maximum Gasteiger partial charge on any atom is 0.518 e. The van der Waals surface area contributed by atoms with Crippen LogP contribution in [-0.4, -0.2) is 29.4 Å². The minimum atomic E-state index is -0.518. The van der Waals surface area contributed by atoms with E-state index in [4.69, 9.17) is 19.8 Å². The molecule has 1 aromatic heterocycles. The van der Waals surface area contributed by atoms with Crippen LogP contribution in [0.2, 0.25) is 0 Å². The van der Waals surface area contributed by atoms with Gasteiger partial charge in [-0.25, -0.2) is 0 Å². The van der Waals surface area contributed by atoms with Crippen molar-refractivity contribution in [3.63, 3.8) is 0 Å². The predicted octanol–water partition coefficient (Wildman–Crippen LogP) is 1.38. The zero-order chi connectivity index (χ0) is 15.3. The Labute approximate surface area is 126 Å². The van der Waals surface area contributed by atoms with Gasteiger partial charge >= 0.3 is 7.12 Å². The van der Waals surface area contributed by atoms with Crippen LogP contribution in [0.3, 0.4) is 0 Å². The molecule has 0 spiro atoms. The summed E-state index contributed by atoms with van der Waals surface area (Å²) < 4.78 is 18.1. The summed E-state index contributed by atoms with van der Waals surface area (Å²) in [6.45, 7) is 8.50. The molecule has 1 saturated heterocycles. The van der Waals surface area contributed by atoms with E-state index in [1.807, 2.05) is 39.8 Å². The van der Waals surface area contributed by atoms with Crippen LogP contribution in [0.25, 0.3) is 0 Å². The Morgan fingerprint density at radius 1 is 1.24 bits per heavy atom. The standard InChI is InChI=1S/C15H23BN2O3/c1-14(2)15(3,4)21-16(20-14)13-12(19-11-6-7-11)8-5-10(9-17)18-13/h5,8,11H,6-7,9,17H2,1-4H3. The highest BCUT2D eigenvalue weighted by Crippen LogP contribution is 2.37. The molecule has 0 radical (unpaired) electrons. The summed E-state index contributed by atoms with van der Waals surface area (Å²) in [4.78, 5) is 4.59. The summed E-state index contributed by atoms with van der Waals surface area (Å²) in [5, 5.41) is 0. The van der Waals surface area contributed by atoms with E-state index in [1.165, 1.54) is 0 Å². The lowest BCUT2D eigenvalue weighted by Gasteiger charge is -2.32. The van der Waals surface area contributed by atoms with E-state index in [-0.39, 0.29) is 0 Å². The zero-order valence-corrected chi connectivity index (χ0v) is 13.2. The third-order valence-electron chi connectivity index (χ3n) is 4.45. The van der Waals surface area contributed by atoms with E-state index in [0.29, 0.717) is 18.2 Å². The van der Waals surface area contributed by atoms with E-state index < -0.39 is 18.3 Å². The monoisotopic (exact) mass is 290 g/mol. The molecule has 5 nitrogen and oxygen atoms in total. The summed E-state index contributed by atoms with van der Waals surface area (Å²) in [5.74, 6) is 0.744. The number of aromatic nitrogens is 1. The van der Waals surface area contributed by atoms with E-state index >= 15 is 0 Å². The molecular formula is C15H23BN2O3. The number of nitrogens with zero attached hydrogens (tertiary/aromatic N) is 1. The number of rotatable bonds is 4. The van der Waals surface area contributed by atoms with Crippen LogP contribution in [0.5, 0.6) is 5.75 Å². The molecule has 0 bridgehead atoms. The number of pyridine rings is 1. The Hall–Kier alpha value is -1.11. The summed E-state index contributed by atoms with van der Waals surface area (Å²) in [7, 11) is -0.518. The predicted molar refractivity (Wildman–Crippen MR) is 81.5 cm³/mol. The van der Waals surface area contributed by atoms with Crippen LogP contribution in [0.4, 0.5) is 0 Å². The maximum atomic E-state index is 6.09. The third kappa shape index (κ3) is 2.80. The molecule has 6 heteroatoms. The lowest BCUT2D eigenvalue weighted by Crippen LogP contribution is -2.41. The van der Waals surface area contributed by atoms with Gasteiger partial charge in [0.05, 0.1) is 23.0 Å². The fraction of sp³-hybridized carbons (Fsp3) is 0.667. The Bertz CT molecular complexity index is 528. The van der Waals surface area contributed by atoms with Gasteiger partial charge in [0, 0.05) is 6.54 Å². The van der Waals surface area contributed by atoms with Crippen molar-refractivity contribution in [2.75, 3.05) is 0 Å². The van der Waals surface area contributed by atoms with Gasteiger partial charge in [-0.3, -0.25) is 4.98 Å². The second-order valence-corrected chi connectivity index (χ2v) is 6.80. The van der Waals surface area contributed by atoms with Crippen molar-refractivity contribution in [1.29, 1.82) is 0 Å². The van der Waals surface area contributed by atoms with Crippen molar-refractivity contribution in [3.8, 4) is 5.75 Å². The molecule has 1 aliphatic heterocycles. The largest absolute Gasteiger partial charge is 0.518 e. The van der Waals surface area contributed by atoms with Crippen LogP contribution in [0.15, 0.2) is 12.1 Å². The van der Waals surface area contributed by atoms with E-state index in [9.17, 15) is 0 Å². The smallest absolute Gasteiger partial charge is 0.489 e. The van der Waals surface area contributed by atoms with Crippen molar-refractivity contribution in [2.24, 2.45) is 5.73 Å². The van der Waals surface area contributed by atoms with Gasteiger partial charge in [0.25, 0.3) is 0 Å². The molecule has 114 valence electrons. The number of hydrogen-bond donors (Lipinski definition) is 1. The lowest BCUT2D eigenvalue weighted by atomic mass is 9.83. The summed E-state index contributed by atoms with van der Waals surface area (Å²) >= 11 is 0. The van der Waals surface area contributed by atoms with Gasteiger partial charge in [0.15, 0.2) is 0 Å². The minimum Gasteiger partial charge on any atom is -0.489 e. The molecule has 2 fully saturated rings. The highest BCUT2D eigenvalue weighted by molar-refractivity contribution is 6.62. The average molecular weight is 290 g/mol. The van der Waals surface area contributed by atoms with Crippen molar-refractivity contribution in [3.05, 3.63) is 17.8 Å². The molecule has 0 unspecified atom stereocenters. The number of hydrogen-bond acceptors (Lipinski definition) is 5. The van der Waals surface area contributed by atoms with E-state index in [2.05, 4.69) is 4.98 Å². The SMILES string of the molecule is CC1(C)OB(c2nc(CN)ccc2OC2CC2)OC1(C)C. The Morgan fingerprint density at radius 3 is 2.38 bits per heavy atom. The molecule has 1 aromatic rings. The molecule has 0 aromatic carbocycles. The number of ether oxygens (including phenoxy) is 1. The van der Waals surface area contributed by atoms with Crippen LogP contribution in [0, 0.1) is 0 Å². The first kappa shape index (κ1) is 14.8. The molecule has 2 heterocycles. The molecule has 1 saturated carbocycles. The van der Waals surface area contributed by atoms with Crippen LogP contribution in [0.1, 0.15) is 46.2 Å². The van der Waals surface area contributed by atoms with Crippen molar-refractivity contribution < 1.29 is 14.0 Å². The third-order valence-corrected chi connectivity index (χ3v) is 4.45. The maximum absolute atomic E-state index is 6.09. The van der Waals surface area contributed by atoms with Crippen molar-refractivity contribution in [2.45, 2.75) is 64.4 Å². The summed E-state index contributed by atoms with van der Waals surface area (Å²) in [6.07, 6.45) is 2.50. The van der Waals surface area contributed by atoms with Gasteiger partial charge in [-0.05, 0) is 52.7 Å².